The van der Waals surface area contributed by atoms with Crippen LogP contribution in [0.5, 0.6) is 0 Å². The molecule has 4 aromatic heterocycles. The molecular weight excluding hydrogens is 695 g/mol. The molecule has 0 aliphatic rings. The minimum absolute atomic E-state index is 0.579. The fourth-order valence-corrected chi connectivity index (χ4v) is 9.28. The van der Waals surface area contributed by atoms with Gasteiger partial charge in [-0.25, -0.2) is 15.0 Å². The topological polar surface area (TPSA) is 65.0 Å². The molecule has 12 rings (SSSR count). The van der Waals surface area contributed by atoms with Crippen LogP contribution in [0.25, 0.3) is 120 Å². The number of hydrogen-bond donors (Lipinski definition) is 0. The maximum absolute atomic E-state index is 6.53. The van der Waals surface area contributed by atoms with Gasteiger partial charge in [-0.05, 0) is 82.6 Å². The molecule has 0 N–H and O–H groups in total. The first kappa shape index (κ1) is 30.3. The van der Waals surface area contributed by atoms with Gasteiger partial charge in [-0.2, -0.15) is 0 Å². The van der Waals surface area contributed by atoms with E-state index in [2.05, 4.69) is 121 Å². The second-order valence-corrected chi connectivity index (χ2v) is 15.0. The van der Waals surface area contributed by atoms with Crippen molar-refractivity contribution in [2.75, 3.05) is 0 Å². The lowest BCUT2D eigenvalue weighted by molar-refractivity contribution is 0.668. The molecule has 0 saturated heterocycles. The van der Waals surface area contributed by atoms with Gasteiger partial charge in [-0.1, -0.05) is 103 Å². The molecule has 0 spiro atoms. The zero-order valence-electron chi connectivity index (χ0n) is 29.2. The highest BCUT2D eigenvalue weighted by Crippen LogP contribution is 2.43. The van der Waals surface area contributed by atoms with E-state index in [0.29, 0.717) is 17.5 Å². The molecule has 0 unspecified atom stereocenters. The van der Waals surface area contributed by atoms with Crippen LogP contribution < -0.4 is 0 Å². The van der Waals surface area contributed by atoms with Gasteiger partial charge in [0.2, 0.25) is 0 Å². The zero-order valence-corrected chi connectivity index (χ0v) is 30.0. The third-order valence-electron chi connectivity index (χ3n) is 10.7. The predicted molar refractivity (Wildman–Crippen MR) is 227 cm³/mol. The summed E-state index contributed by atoms with van der Waals surface area (Å²) in [5.41, 5.74) is 8.29. The number of aromatic nitrogens is 3. The number of furan rings is 2. The normalized spacial score (nSPS) is 12.0. The zero-order chi connectivity index (χ0) is 36.0. The summed E-state index contributed by atoms with van der Waals surface area (Å²) >= 11 is 1.83. The van der Waals surface area contributed by atoms with Crippen molar-refractivity contribution in [3.8, 4) is 45.3 Å². The number of para-hydroxylation sites is 1. The summed E-state index contributed by atoms with van der Waals surface area (Å²) in [6, 6.07) is 56.9. The molecule has 4 heterocycles. The molecule has 5 nitrogen and oxygen atoms in total. The molecule has 0 amide bonds. The Morgan fingerprint density at radius 2 is 0.945 bits per heavy atom. The van der Waals surface area contributed by atoms with Gasteiger partial charge in [0.05, 0.1) is 0 Å². The minimum Gasteiger partial charge on any atom is -0.456 e. The van der Waals surface area contributed by atoms with E-state index in [0.717, 1.165) is 76.9 Å². The number of benzene rings is 8. The predicted octanol–water partition coefficient (Wildman–Crippen LogP) is 13.9. The molecule has 0 bridgehead atoms. The van der Waals surface area contributed by atoms with Crippen molar-refractivity contribution in [2.24, 2.45) is 0 Å². The molecule has 12 aromatic rings. The van der Waals surface area contributed by atoms with Crippen LogP contribution in [0, 0.1) is 0 Å². The second-order valence-electron chi connectivity index (χ2n) is 13.9. The molecule has 0 aliphatic heterocycles. The smallest absolute Gasteiger partial charge is 0.164 e. The lowest BCUT2D eigenvalue weighted by atomic mass is 9.97. The highest BCUT2D eigenvalue weighted by Gasteiger charge is 2.20. The Kier molecular flexibility index (Phi) is 6.44. The van der Waals surface area contributed by atoms with Crippen molar-refractivity contribution in [1.29, 1.82) is 0 Å². The van der Waals surface area contributed by atoms with Gasteiger partial charge in [-0.15, -0.1) is 11.3 Å². The van der Waals surface area contributed by atoms with Crippen molar-refractivity contribution in [1.82, 2.24) is 15.0 Å². The summed E-state index contributed by atoms with van der Waals surface area (Å²) in [5.74, 6) is 1.76. The summed E-state index contributed by atoms with van der Waals surface area (Å²) in [6.45, 7) is 0. The number of fused-ring (bicyclic) bond motifs is 10. The summed E-state index contributed by atoms with van der Waals surface area (Å²) in [6.07, 6.45) is 0. The SMILES string of the molecule is c1ccc2cc(-c3nc(-c4ccc5oc6ccccc6c5c4)nc(-c4cccc5oc6ccc(-c7cccc8sc9ccccc9c78)cc6c45)n3)ccc2c1. The number of nitrogens with zero attached hydrogens (tertiary/aromatic N) is 3. The molecule has 256 valence electrons. The van der Waals surface area contributed by atoms with E-state index in [1.54, 1.807) is 0 Å². The van der Waals surface area contributed by atoms with Crippen molar-refractivity contribution in [3.63, 3.8) is 0 Å². The summed E-state index contributed by atoms with van der Waals surface area (Å²) in [5, 5.41) is 8.90. The van der Waals surface area contributed by atoms with Crippen LogP contribution in [0.3, 0.4) is 0 Å². The second kappa shape index (κ2) is 11.7. The van der Waals surface area contributed by atoms with Crippen LogP contribution in [-0.4, -0.2) is 15.0 Å². The lowest BCUT2D eigenvalue weighted by Crippen LogP contribution is -2.00. The van der Waals surface area contributed by atoms with Gasteiger partial charge in [-0.3, -0.25) is 0 Å². The summed E-state index contributed by atoms with van der Waals surface area (Å²) < 4.78 is 15.3. The molecule has 0 atom stereocenters. The first-order chi connectivity index (χ1) is 27.2. The Morgan fingerprint density at radius 3 is 1.85 bits per heavy atom. The van der Waals surface area contributed by atoms with Gasteiger partial charge in [0.15, 0.2) is 17.5 Å². The van der Waals surface area contributed by atoms with Gasteiger partial charge in [0, 0.05) is 58.4 Å². The average molecular weight is 722 g/mol. The van der Waals surface area contributed by atoms with Crippen LogP contribution in [0.1, 0.15) is 0 Å². The number of hydrogen-bond acceptors (Lipinski definition) is 6. The fraction of sp³-hybridized carbons (Fsp3) is 0. The van der Waals surface area contributed by atoms with Gasteiger partial charge >= 0.3 is 0 Å². The lowest BCUT2D eigenvalue weighted by Gasteiger charge is -2.10. The standard InChI is InChI=1S/C49H27N3O2S/c1-2-10-29-25-31(20-19-28(29)9-1)47-50-48(32-22-24-40-37(27-32)34-11-3-5-15-39(34)53-40)52-49(51-47)36-14-7-16-42-45(36)38-26-30(21-23-41(38)54-42)33-13-8-18-44-46(33)35-12-4-6-17-43(35)55-44/h1-27H. The Morgan fingerprint density at radius 1 is 0.345 bits per heavy atom. The van der Waals surface area contributed by atoms with Crippen LogP contribution in [0.2, 0.25) is 0 Å². The first-order valence-electron chi connectivity index (χ1n) is 18.3. The summed E-state index contributed by atoms with van der Waals surface area (Å²) in [4.78, 5) is 15.6. The van der Waals surface area contributed by atoms with Crippen LogP contribution in [-0.2, 0) is 0 Å². The largest absolute Gasteiger partial charge is 0.456 e. The Labute approximate surface area is 317 Å². The average Bonchev–Trinajstić information content (AvgIpc) is 3.94. The quantitative estimate of drug-likeness (QED) is 0.181. The Bertz CT molecular complexity index is 3520. The maximum Gasteiger partial charge on any atom is 0.164 e. The highest BCUT2D eigenvalue weighted by atomic mass is 32.1. The van der Waals surface area contributed by atoms with E-state index in [4.69, 9.17) is 23.8 Å². The van der Waals surface area contributed by atoms with Gasteiger partial charge in [0.1, 0.15) is 22.3 Å². The molecule has 6 heteroatoms. The monoisotopic (exact) mass is 721 g/mol. The highest BCUT2D eigenvalue weighted by molar-refractivity contribution is 7.25. The minimum atomic E-state index is 0.579. The van der Waals surface area contributed by atoms with Gasteiger partial charge in [0.25, 0.3) is 0 Å². The first-order valence-corrected chi connectivity index (χ1v) is 19.1. The third kappa shape index (κ3) is 4.75. The van der Waals surface area contributed by atoms with Crippen LogP contribution in [0.15, 0.2) is 173 Å². The molecule has 8 aromatic carbocycles. The summed E-state index contributed by atoms with van der Waals surface area (Å²) in [7, 11) is 0. The van der Waals surface area contributed by atoms with Crippen molar-refractivity contribution in [3.05, 3.63) is 164 Å². The van der Waals surface area contributed by atoms with Crippen LogP contribution >= 0.6 is 11.3 Å². The fourth-order valence-electron chi connectivity index (χ4n) is 8.14. The van der Waals surface area contributed by atoms with Crippen molar-refractivity contribution >= 4 is 86.2 Å². The number of thiophene rings is 1. The van der Waals surface area contributed by atoms with E-state index in [-0.39, 0.29) is 0 Å². The van der Waals surface area contributed by atoms with E-state index in [1.165, 1.54) is 25.7 Å². The molecular formula is C49H27N3O2S. The van der Waals surface area contributed by atoms with Crippen LogP contribution in [0.4, 0.5) is 0 Å². The molecule has 0 saturated carbocycles. The molecule has 55 heavy (non-hydrogen) atoms. The maximum atomic E-state index is 6.53. The van der Waals surface area contributed by atoms with E-state index in [9.17, 15) is 0 Å². The van der Waals surface area contributed by atoms with Crippen molar-refractivity contribution in [2.45, 2.75) is 0 Å². The third-order valence-corrected chi connectivity index (χ3v) is 11.9. The molecule has 0 fully saturated rings. The number of rotatable bonds is 4. The Hall–Kier alpha value is -7.15. The van der Waals surface area contributed by atoms with Crippen molar-refractivity contribution < 1.29 is 8.83 Å². The van der Waals surface area contributed by atoms with E-state index in [1.807, 2.05) is 53.8 Å². The molecule has 0 radical (unpaired) electrons. The van der Waals surface area contributed by atoms with Gasteiger partial charge < -0.3 is 8.83 Å². The van der Waals surface area contributed by atoms with E-state index < -0.39 is 0 Å². The molecule has 0 aliphatic carbocycles. The van der Waals surface area contributed by atoms with E-state index >= 15 is 0 Å². The Balaban J connectivity index is 1.09.